The molecular formula is C12H10N2O4. The molecule has 18 heavy (non-hydrogen) atoms. The number of furan rings is 1. The van der Waals surface area contributed by atoms with Crippen LogP contribution in [0.25, 0.3) is 6.08 Å². The number of barbiturate groups is 1. The number of hydrogen-bond acceptors (Lipinski definition) is 4. The van der Waals surface area contributed by atoms with E-state index >= 15 is 0 Å². The highest BCUT2D eigenvalue weighted by Crippen LogP contribution is 2.14. The molecule has 0 atom stereocenters. The van der Waals surface area contributed by atoms with E-state index in [1.54, 1.807) is 6.07 Å². The summed E-state index contributed by atoms with van der Waals surface area (Å²) in [4.78, 5) is 35.9. The molecule has 4 amide bonds. The Bertz CT molecular complexity index is 542. The molecule has 92 valence electrons. The molecule has 0 aliphatic carbocycles. The van der Waals surface area contributed by atoms with Crippen LogP contribution in [0.4, 0.5) is 4.79 Å². The van der Waals surface area contributed by atoms with Gasteiger partial charge in [0, 0.05) is 12.1 Å². The summed E-state index contributed by atoms with van der Waals surface area (Å²) < 4.78 is 4.84. The van der Waals surface area contributed by atoms with E-state index in [0.717, 1.165) is 4.90 Å². The third-order valence-corrected chi connectivity index (χ3v) is 2.35. The lowest BCUT2D eigenvalue weighted by molar-refractivity contribution is -0.129. The van der Waals surface area contributed by atoms with E-state index in [2.05, 4.69) is 11.9 Å². The quantitative estimate of drug-likeness (QED) is 0.488. The first kappa shape index (κ1) is 11.8. The van der Waals surface area contributed by atoms with Crippen LogP contribution in [0.1, 0.15) is 5.56 Å². The van der Waals surface area contributed by atoms with Crippen molar-refractivity contribution in [2.45, 2.75) is 0 Å². The summed E-state index contributed by atoms with van der Waals surface area (Å²) in [5.74, 6) is -1.36. The Hall–Kier alpha value is -2.63. The van der Waals surface area contributed by atoms with Gasteiger partial charge in [-0.1, -0.05) is 6.08 Å². The van der Waals surface area contributed by atoms with Gasteiger partial charge >= 0.3 is 6.03 Å². The average molecular weight is 246 g/mol. The summed E-state index contributed by atoms with van der Waals surface area (Å²) in [5, 5.41) is 2.09. The minimum Gasteiger partial charge on any atom is -0.472 e. The minimum atomic E-state index is -0.741. The molecule has 1 fully saturated rings. The molecule has 0 aromatic carbocycles. The fourth-order valence-electron chi connectivity index (χ4n) is 1.51. The third kappa shape index (κ3) is 2.08. The van der Waals surface area contributed by atoms with E-state index in [-0.39, 0.29) is 12.1 Å². The summed E-state index contributed by atoms with van der Waals surface area (Å²) in [6.07, 6.45) is 5.58. The normalized spacial score (nSPS) is 18.1. The topological polar surface area (TPSA) is 79.6 Å². The molecule has 6 nitrogen and oxygen atoms in total. The van der Waals surface area contributed by atoms with Gasteiger partial charge in [-0.05, 0) is 12.1 Å². The Morgan fingerprint density at radius 1 is 1.39 bits per heavy atom. The predicted molar refractivity (Wildman–Crippen MR) is 62.1 cm³/mol. The highest BCUT2D eigenvalue weighted by Gasteiger charge is 2.34. The zero-order valence-corrected chi connectivity index (χ0v) is 9.38. The molecule has 2 rings (SSSR count). The van der Waals surface area contributed by atoms with Gasteiger partial charge in [-0.25, -0.2) is 4.79 Å². The molecule has 6 heteroatoms. The summed E-state index contributed by atoms with van der Waals surface area (Å²) in [5.41, 5.74) is 0.458. The van der Waals surface area contributed by atoms with Crippen LogP contribution in [-0.2, 0) is 9.59 Å². The number of urea groups is 1. The van der Waals surface area contributed by atoms with E-state index in [4.69, 9.17) is 4.42 Å². The number of hydrogen-bond donors (Lipinski definition) is 1. The van der Waals surface area contributed by atoms with Crippen molar-refractivity contribution < 1.29 is 18.8 Å². The highest BCUT2D eigenvalue weighted by molar-refractivity contribution is 6.31. The summed E-state index contributed by atoms with van der Waals surface area (Å²) in [6.45, 7) is 3.49. The summed E-state index contributed by atoms with van der Waals surface area (Å²) in [7, 11) is 0. The zero-order valence-electron chi connectivity index (χ0n) is 9.38. The molecule has 1 aliphatic rings. The maximum atomic E-state index is 12.0. The minimum absolute atomic E-state index is 0.0423. The summed E-state index contributed by atoms with van der Waals surface area (Å²) in [6, 6.07) is 0.858. The Labute approximate surface area is 103 Å². The van der Waals surface area contributed by atoms with Crippen LogP contribution in [0.15, 0.2) is 41.2 Å². The van der Waals surface area contributed by atoms with Gasteiger partial charge in [-0.15, -0.1) is 6.58 Å². The Morgan fingerprint density at radius 3 is 2.78 bits per heavy atom. The average Bonchev–Trinajstić information content (AvgIpc) is 2.83. The van der Waals surface area contributed by atoms with Crippen molar-refractivity contribution in [1.29, 1.82) is 0 Å². The van der Waals surface area contributed by atoms with Crippen LogP contribution >= 0.6 is 0 Å². The second-order valence-electron chi connectivity index (χ2n) is 3.58. The standard InChI is InChI=1S/C12H10N2O4/c1-2-4-14-11(16)9(10(15)13-12(14)17)6-8-3-5-18-7-8/h2-3,5-7H,1,4H2,(H,13,15,17)/b9-6-. The summed E-state index contributed by atoms with van der Waals surface area (Å²) >= 11 is 0. The fraction of sp³-hybridized carbons (Fsp3) is 0.0833. The van der Waals surface area contributed by atoms with Gasteiger partial charge in [-0.2, -0.15) is 0 Å². The number of carbonyl (C=O) groups is 3. The van der Waals surface area contributed by atoms with Gasteiger partial charge < -0.3 is 4.42 Å². The van der Waals surface area contributed by atoms with Gasteiger partial charge in [-0.3, -0.25) is 19.8 Å². The molecule has 0 radical (unpaired) electrons. The molecule has 1 saturated heterocycles. The monoisotopic (exact) mass is 246 g/mol. The molecule has 0 saturated carbocycles. The van der Waals surface area contributed by atoms with Crippen molar-refractivity contribution in [1.82, 2.24) is 10.2 Å². The van der Waals surface area contributed by atoms with Gasteiger partial charge in [0.2, 0.25) is 0 Å². The van der Waals surface area contributed by atoms with Crippen LogP contribution < -0.4 is 5.32 Å². The Morgan fingerprint density at radius 2 is 2.17 bits per heavy atom. The molecule has 1 aromatic heterocycles. The number of amides is 4. The van der Waals surface area contributed by atoms with E-state index in [0.29, 0.717) is 5.56 Å². The fourth-order valence-corrected chi connectivity index (χ4v) is 1.51. The maximum absolute atomic E-state index is 12.0. The first-order valence-electron chi connectivity index (χ1n) is 5.15. The predicted octanol–water partition coefficient (Wildman–Crippen LogP) is 0.927. The van der Waals surface area contributed by atoms with Crippen molar-refractivity contribution in [2.75, 3.05) is 6.54 Å². The largest absolute Gasteiger partial charge is 0.472 e. The van der Waals surface area contributed by atoms with Gasteiger partial charge in [0.15, 0.2) is 0 Å². The maximum Gasteiger partial charge on any atom is 0.331 e. The molecule has 1 N–H and O–H groups in total. The van der Waals surface area contributed by atoms with Crippen molar-refractivity contribution >= 4 is 23.9 Å². The molecular weight excluding hydrogens is 236 g/mol. The molecule has 0 bridgehead atoms. The van der Waals surface area contributed by atoms with Crippen LogP contribution in [0, 0.1) is 0 Å². The second kappa shape index (κ2) is 4.70. The second-order valence-corrected chi connectivity index (χ2v) is 3.58. The van der Waals surface area contributed by atoms with Crippen molar-refractivity contribution in [2.24, 2.45) is 0 Å². The van der Waals surface area contributed by atoms with Crippen LogP contribution in [0.5, 0.6) is 0 Å². The van der Waals surface area contributed by atoms with E-state index < -0.39 is 17.8 Å². The molecule has 1 aromatic rings. The van der Waals surface area contributed by atoms with Gasteiger partial charge in [0.1, 0.15) is 5.57 Å². The van der Waals surface area contributed by atoms with E-state index in [9.17, 15) is 14.4 Å². The Balaban J connectivity index is 2.35. The lowest BCUT2D eigenvalue weighted by Gasteiger charge is -2.24. The molecule has 1 aliphatic heterocycles. The zero-order chi connectivity index (χ0) is 13.1. The van der Waals surface area contributed by atoms with Crippen LogP contribution in [0.2, 0.25) is 0 Å². The van der Waals surface area contributed by atoms with Crippen molar-refractivity contribution in [3.8, 4) is 0 Å². The first-order chi connectivity index (χ1) is 8.63. The smallest absolute Gasteiger partial charge is 0.331 e. The van der Waals surface area contributed by atoms with Crippen LogP contribution in [-0.4, -0.2) is 29.3 Å². The van der Waals surface area contributed by atoms with E-state index in [1.807, 2.05) is 0 Å². The molecule has 0 unspecified atom stereocenters. The SMILES string of the molecule is C=CCN1C(=O)NC(=O)/C(=C/c2ccoc2)C1=O. The number of rotatable bonds is 3. The molecule has 2 heterocycles. The lowest BCUT2D eigenvalue weighted by atomic mass is 10.1. The van der Waals surface area contributed by atoms with Gasteiger partial charge in [0.05, 0.1) is 12.5 Å². The Kier molecular flexibility index (Phi) is 3.09. The number of imide groups is 2. The highest BCUT2D eigenvalue weighted by atomic mass is 16.3. The number of nitrogens with zero attached hydrogens (tertiary/aromatic N) is 1. The first-order valence-corrected chi connectivity index (χ1v) is 5.15. The van der Waals surface area contributed by atoms with Crippen LogP contribution in [0.3, 0.4) is 0 Å². The van der Waals surface area contributed by atoms with Crippen molar-refractivity contribution in [3.05, 3.63) is 42.4 Å². The van der Waals surface area contributed by atoms with Gasteiger partial charge in [0.25, 0.3) is 11.8 Å². The number of nitrogens with one attached hydrogen (secondary N) is 1. The van der Waals surface area contributed by atoms with Crippen molar-refractivity contribution in [3.63, 3.8) is 0 Å². The molecule has 0 spiro atoms. The van der Waals surface area contributed by atoms with E-state index in [1.165, 1.54) is 24.7 Å². The third-order valence-electron chi connectivity index (χ3n) is 2.35. The lowest BCUT2D eigenvalue weighted by Crippen LogP contribution is -2.54. The number of carbonyl (C=O) groups excluding carboxylic acids is 3.